The van der Waals surface area contributed by atoms with Crippen LogP contribution in [0.2, 0.25) is 5.15 Å². The molecule has 0 spiro atoms. The smallest absolute Gasteiger partial charge is 0.262 e. The van der Waals surface area contributed by atoms with Crippen molar-refractivity contribution in [2.45, 2.75) is 6.92 Å². The van der Waals surface area contributed by atoms with Gasteiger partial charge in [-0.25, -0.2) is 9.97 Å². The molecule has 122 valence electrons. The van der Waals surface area contributed by atoms with E-state index in [0.29, 0.717) is 11.4 Å². The molecule has 0 unspecified atom stereocenters. The van der Waals surface area contributed by atoms with Gasteiger partial charge in [-0.2, -0.15) is 0 Å². The monoisotopic (exact) mass is 359 g/mol. The van der Waals surface area contributed by atoms with Crippen molar-refractivity contribution in [2.75, 3.05) is 11.9 Å². The predicted molar refractivity (Wildman–Crippen MR) is 95.7 cm³/mol. The summed E-state index contributed by atoms with van der Waals surface area (Å²) in [7, 11) is 0. The second kappa shape index (κ2) is 7.42. The maximum Gasteiger partial charge on any atom is 0.262 e. The summed E-state index contributed by atoms with van der Waals surface area (Å²) in [5, 5.41) is 5.87. The van der Waals surface area contributed by atoms with Crippen LogP contribution >= 0.6 is 22.9 Å². The summed E-state index contributed by atoms with van der Waals surface area (Å²) < 4.78 is 5.48. The number of carbonyl (C=O) groups excluding carboxylic acids is 1. The second-order valence-electron chi connectivity index (χ2n) is 5.00. The Labute approximate surface area is 148 Å². The lowest BCUT2D eigenvalue weighted by molar-refractivity contribution is -0.118. The first kappa shape index (κ1) is 16.4. The molecule has 1 amide bonds. The lowest BCUT2D eigenvalue weighted by Crippen LogP contribution is -2.20. The Hall–Kier alpha value is -2.44. The van der Waals surface area contributed by atoms with Gasteiger partial charge in [0.1, 0.15) is 10.8 Å². The molecule has 0 aliphatic carbocycles. The van der Waals surface area contributed by atoms with E-state index in [1.807, 2.05) is 36.6 Å². The third kappa shape index (κ3) is 4.10. The van der Waals surface area contributed by atoms with Crippen molar-refractivity contribution in [1.82, 2.24) is 9.97 Å². The van der Waals surface area contributed by atoms with Gasteiger partial charge in [-0.15, -0.1) is 11.3 Å². The molecule has 7 heteroatoms. The second-order valence-corrected chi connectivity index (χ2v) is 6.21. The van der Waals surface area contributed by atoms with Gasteiger partial charge in [0.15, 0.2) is 11.8 Å². The molecule has 0 fully saturated rings. The number of aryl methyl sites for hydroxylation is 1. The number of pyridine rings is 1. The SMILES string of the molecule is Cc1csc(-c2ccc(OCC(=O)Nc3cccnc3Cl)cc2)n1. The van der Waals surface area contributed by atoms with E-state index in [0.717, 1.165) is 16.3 Å². The minimum Gasteiger partial charge on any atom is -0.484 e. The zero-order valence-electron chi connectivity index (χ0n) is 12.8. The Balaban J connectivity index is 1.57. The molecule has 0 aliphatic rings. The van der Waals surface area contributed by atoms with Crippen LogP contribution in [0.15, 0.2) is 48.0 Å². The fourth-order valence-corrected chi connectivity index (χ4v) is 2.97. The number of ether oxygens (including phenoxy) is 1. The Bertz CT molecular complexity index is 849. The molecule has 24 heavy (non-hydrogen) atoms. The number of nitrogens with zero attached hydrogens (tertiary/aromatic N) is 2. The topological polar surface area (TPSA) is 64.1 Å². The summed E-state index contributed by atoms with van der Waals surface area (Å²) in [5.41, 5.74) is 2.48. The lowest BCUT2D eigenvalue weighted by Gasteiger charge is -2.08. The Morgan fingerprint density at radius 3 is 2.75 bits per heavy atom. The van der Waals surface area contributed by atoms with Crippen LogP contribution in [0.3, 0.4) is 0 Å². The summed E-state index contributed by atoms with van der Waals surface area (Å²) in [6.07, 6.45) is 1.56. The van der Waals surface area contributed by atoms with E-state index in [2.05, 4.69) is 15.3 Å². The van der Waals surface area contributed by atoms with Gasteiger partial charge in [0.05, 0.1) is 5.69 Å². The highest BCUT2D eigenvalue weighted by molar-refractivity contribution is 7.13. The minimum absolute atomic E-state index is 0.110. The maximum atomic E-state index is 11.9. The van der Waals surface area contributed by atoms with Gasteiger partial charge >= 0.3 is 0 Å². The molecular formula is C17H14ClN3O2S. The molecule has 2 aromatic heterocycles. The van der Waals surface area contributed by atoms with E-state index >= 15 is 0 Å². The number of aromatic nitrogens is 2. The molecule has 0 aliphatic heterocycles. The van der Waals surface area contributed by atoms with E-state index in [1.54, 1.807) is 29.7 Å². The molecule has 0 bridgehead atoms. The van der Waals surface area contributed by atoms with Crippen LogP contribution in [-0.2, 0) is 4.79 Å². The number of thiazole rings is 1. The first-order chi connectivity index (χ1) is 11.6. The third-order valence-corrected chi connectivity index (χ3v) is 4.43. The van der Waals surface area contributed by atoms with Crippen LogP contribution in [0.1, 0.15) is 5.69 Å². The Morgan fingerprint density at radius 1 is 1.29 bits per heavy atom. The van der Waals surface area contributed by atoms with Crippen LogP contribution in [0.5, 0.6) is 5.75 Å². The van der Waals surface area contributed by atoms with E-state index in [4.69, 9.17) is 16.3 Å². The quantitative estimate of drug-likeness (QED) is 0.694. The van der Waals surface area contributed by atoms with Crippen molar-refractivity contribution < 1.29 is 9.53 Å². The average Bonchev–Trinajstić information content (AvgIpc) is 3.02. The average molecular weight is 360 g/mol. The van der Waals surface area contributed by atoms with Gasteiger partial charge in [0.25, 0.3) is 5.91 Å². The van der Waals surface area contributed by atoms with Gasteiger partial charge in [-0.05, 0) is 43.3 Å². The van der Waals surface area contributed by atoms with Gasteiger partial charge in [0, 0.05) is 22.8 Å². The fraction of sp³-hybridized carbons (Fsp3) is 0.118. The number of benzene rings is 1. The van der Waals surface area contributed by atoms with E-state index in [9.17, 15) is 4.79 Å². The summed E-state index contributed by atoms with van der Waals surface area (Å²) in [4.78, 5) is 20.2. The largest absolute Gasteiger partial charge is 0.484 e. The van der Waals surface area contributed by atoms with Crippen molar-refractivity contribution >= 4 is 34.5 Å². The highest BCUT2D eigenvalue weighted by Crippen LogP contribution is 2.25. The molecule has 0 saturated heterocycles. The number of hydrogen-bond donors (Lipinski definition) is 1. The standard InChI is InChI=1S/C17H14ClN3O2S/c1-11-10-24-17(20-11)12-4-6-13(7-5-12)23-9-15(22)21-14-3-2-8-19-16(14)18/h2-8,10H,9H2,1H3,(H,21,22). The van der Waals surface area contributed by atoms with Crippen molar-refractivity contribution in [1.29, 1.82) is 0 Å². The molecule has 0 atom stereocenters. The summed E-state index contributed by atoms with van der Waals surface area (Å²) in [6.45, 7) is 1.85. The number of anilines is 1. The van der Waals surface area contributed by atoms with Crippen molar-refractivity contribution in [3.63, 3.8) is 0 Å². The molecule has 3 aromatic rings. The molecule has 2 heterocycles. The lowest BCUT2D eigenvalue weighted by atomic mass is 10.2. The molecule has 3 rings (SSSR count). The summed E-state index contributed by atoms with van der Waals surface area (Å²) in [5.74, 6) is 0.309. The molecular weight excluding hydrogens is 346 g/mol. The van der Waals surface area contributed by atoms with Gasteiger partial charge in [-0.3, -0.25) is 4.79 Å². The first-order valence-corrected chi connectivity index (χ1v) is 8.43. The number of amides is 1. The zero-order valence-corrected chi connectivity index (χ0v) is 14.4. The Morgan fingerprint density at radius 2 is 2.08 bits per heavy atom. The molecule has 0 radical (unpaired) electrons. The van der Waals surface area contributed by atoms with Crippen molar-refractivity contribution in [2.24, 2.45) is 0 Å². The number of rotatable bonds is 5. The first-order valence-electron chi connectivity index (χ1n) is 7.17. The van der Waals surface area contributed by atoms with Crippen LogP contribution in [0, 0.1) is 6.92 Å². The van der Waals surface area contributed by atoms with Crippen molar-refractivity contribution in [3.8, 4) is 16.3 Å². The molecule has 1 N–H and O–H groups in total. The van der Waals surface area contributed by atoms with Crippen LogP contribution in [0.25, 0.3) is 10.6 Å². The number of hydrogen-bond acceptors (Lipinski definition) is 5. The van der Waals surface area contributed by atoms with Gasteiger partial charge < -0.3 is 10.1 Å². The third-order valence-electron chi connectivity index (χ3n) is 3.12. The maximum absolute atomic E-state index is 11.9. The summed E-state index contributed by atoms with van der Waals surface area (Å²) in [6, 6.07) is 10.8. The number of carbonyl (C=O) groups is 1. The molecule has 1 aromatic carbocycles. The van der Waals surface area contributed by atoms with E-state index < -0.39 is 0 Å². The van der Waals surface area contributed by atoms with E-state index in [-0.39, 0.29) is 17.7 Å². The highest BCUT2D eigenvalue weighted by Gasteiger charge is 2.08. The normalized spacial score (nSPS) is 10.4. The molecule has 0 saturated carbocycles. The zero-order chi connectivity index (χ0) is 16.9. The van der Waals surface area contributed by atoms with Gasteiger partial charge in [-0.1, -0.05) is 11.6 Å². The summed E-state index contributed by atoms with van der Waals surface area (Å²) >= 11 is 7.49. The molecule has 5 nitrogen and oxygen atoms in total. The van der Waals surface area contributed by atoms with Crippen molar-refractivity contribution in [3.05, 3.63) is 58.8 Å². The van der Waals surface area contributed by atoms with Crippen LogP contribution < -0.4 is 10.1 Å². The number of halogens is 1. The fourth-order valence-electron chi connectivity index (χ4n) is 1.99. The minimum atomic E-state index is -0.301. The Kier molecular flexibility index (Phi) is 5.08. The van der Waals surface area contributed by atoms with E-state index in [1.165, 1.54) is 0 Å². The van der Waals surface area contributed by atoms with Crippen LogP contribution in [0.4, 0.5) is 5.69 Å². The van der Waals surface area contributed by atoms with Gasteiger partial charge in [0.2, 0.25) is 0 Å². The highest BCUT2D eigenvalue weighted by atomic mass is 35.5. The van der Waals surface area contributed by atoms with Crippen LogP contribution in [-0.4, -0.2) is 22.5 Å². The number of nitrogens with one attached hydrogen (secondary N) is 1. The predicted octanol–water partition coefficient (Wildman–Crippen LogP) is 4.18.